The third kappa shape index (κ3) is 2.82. The number of ketones is 1. The largest absolute Gasteiger partial charge is 0.289 e. The summed E-state index contributed by atoms with van der Waals surface area (Å²) in [5.41, 5.74) is 2.12. The quantitative estimate of drug-likeness (QED) is 0.758. The molecule has 0 aliphatic rings. The van der Waals surface area contributed by atoms with Crippen molar-refractivity contribution in [1.29, 1.82) is 0 Å². The lowest BCUT2D eigenvalue weighted by Crippen LogP contribution is -2.03. The molecule has 0 atom stereocenters. The lowest BCUT2D eigenvalue weighted by Gasteiger charge is -2.04. The molecule has 1 aromatic carbocycles. The molecule has 0 saturated heterocycles. The lowest BCUT2D eigenvalue weighted by atomic mass is 10.1. The number of hydrogen-bond acceptors (Lipinski definition) is 2. The molecular formula is C13H9Br2NO. The summed E-state index contributed by atoms with van der Waals surface area (Å²) in [6.45, 7) is 1.89. The first kappa shape index (κ1) is 12.5. The van der Waals surface area contributed by atoms with Crippen LogP contribution in [-0.4, -0.2) is 10.8 Å². The van der Waals surface area contributed by atoms with Crippen LogP contribution in [0.2, 0.25) is 0 Å². The van der Waals surface area contributed by atoms with Gasteiger partial charge in [-0.05, 0) is 37.3 Å². The first-order valence-corrected chi connectivity index (χ1v) is 6.59. The van der Waals surface area contributed by atoms with Gasteiger partial charge in [0.2, 0.25) is 0 Å². The zero-order chi connectivity index (χ0) is 12.4. The Morgan fingerprint density at radius 3 is 2.59 bits per heavy atom. The Morgan fingerprint density at radius 2 is 1.94 bits per heavy atom. The van der Waals surface area contributed by atoms with E-state index in [1.807, 2.05) is 25.1 Å². The predicted octanol–water partition coefficient (Wildman–Crippen LogP) is 4.15. The Balaban J connectivity index is 2.43. The molecule has 0 aliphatic heterocycles. The minimum atomic E-state index is -0.0364. The van der Waals surface area contributed by atoms with Crippen molar-refractivity contribution in [1.82, 2.24) is 4.98 Å². The Kier molecular flexibility index (Phi) is 3.74. The van der Waals surface area contributed by atoms with Crippen LogP contribution >= 0.6 is 31.9 Å². The number of halogens is 2. The summed E-state index contributed by atoms with van der Waals surface area (Å²) in [6, 6.07) is 9.15. The highest BCUT2D eigenvalue weighted by Crippen LogP contribution is 2.23. The molecule has 0 N–H and O–H groups in total. The van der Waals surface area contributed by atoms with Gasteiger partial charge in [0, 0.05) is 32.0 Å². The number of carbonyl (C=O) groups is 1. The number of aryl methyl sites for hydroxylation is 1. The second-order valence-electron chi connectivity index (χ2n) is 3.64. The summed E-state index contributed by atoms with van der Waals surface area (Å²) in [4.78, 5) is 16.4. The number of hydrogen-bond donors (Lipinski definition) is 0. The maximum absolute atomic E-state index is 12.2. The van der Waals surface area contributed by atoms with E-state index in [-0.39, 0.29) is 5.78 Å². The van der Waals surface area contributed by atoms with E-state index in [1.165, 1.54) is 0 Å². The van der Waals surface area contributed by atoms with E-state index in [9.17, 15) is 4.79 Å². The van der Waals surface area contributed by atoms with Gasteiger partial charge in [-0.3, -0.25) is 9.78 Å². The molecule has 0 radical (unpaired) electrons. The number of pyridine rings is 1. The molecular weight excluding hydrogens is 346 g/mol. The molecule has 0 spiro atoms. The van der Waals surface area contributed by atoms with Crippen LogP contribution in [0.3, 0.4) is 0 Å². The van der Waals surface area contributed by atoms with Crippen LogP contribution < -0.4 is 0 Å². The van der Waals surface area contributed by atoms with Crippen molar-refractivity contribution in [2.45, 2.75) is 6.92 Å². The monoisotopic (exact) mass is 353 g/mol. The molecule has 0 bridgehead atoms. The first-order chi connectivity index (χ1) is 8.08. The summed E-state index contributed by atoms with van der Waals surface area (Å²) in [7, 11) is 0. The third-order valence-electron chi connectivity index (χ3n) is 2.35. The van der Waals surface area contributed by atoms with Crippen molar-refractivity contribution in [2.24, 2.45) is 0 Å². The fourth-order valence-electron chi connectivity index (χ4n) is 1.43. The number of aromatic nitrogens is 1. The summed E-state index contributed by atoms with van der Waals surface area (Å²) in [5, 5.41) is 0. The number of carbonyl (C=O) groups excluding carboxylic acids is 1. The Bertz CT molecular complexity index is 564. The van der Waals surface area contributed by atoms with Gasteiger partial charge in [-0.25, -0.2) is 0 Å². The fraction of sp³-hybridized carbons (Fsp3) is 0.0769. The lowest BCUT2D eigenvalue weighted by molar-refractivity contribution is 0.103. The van der Waals surface area contributed by atoms with E-state index >= 15 is 0 Å². The topological polar surface area (TPSA) is 30.0 Å². The summed E-state index contributed by atoms with van der Waals surface area (Å²) in [6.07, 6.45) is 1.60. The van der Waals surface area contributed by atoms with E-state index in [0.717, 1.165) is 14.6 Å². The van der Waals surface area contributed by atoms with Gasteiger partial charge in [-0.15, -0.1) is 0 Å². The van der Waals surface area contributed by atoms with E-state index in [1.54, 1.807) is 18.3 Å². The Labute approximate surface area is 116 Å². The molecule has 17 heavy (non-hydrogen) atoms. The molecule has 1 aromatic heterocycles. The van der Waals surface area contributed by atoms with Gasteiger partial charge in [0.25, 0.3) is 0 Å². The smallest absolute Gasteiger partial charge is 0.195 e. The van der Waals surface area contributed by atoms with E-state index < -0.39 is 0 Å². The van der Waals surface area contributed by atoms with Crippen LogP contribution in [0.1, 0.15) is 21.6 Å². The van der Waals surface area contributed by atoms with Crippen molar-refractivity contribution in [3.05, 3.63) is 62.3 Å². The normalized spacial score (nSPS) is 10.3. The maximum atomic E-state index is 12.2. The number of rotatable bonds is 2. The van der Waals surface area contributed by atoms with Gasteiger partial charge in [0.15, 0.2) is 5.78 Å². The van der Waals surface area contributed by atoms with Crippen LogP contribution in [0, 0.1) is 6.92 Å². The van der Waals surface area contributed by atoms with Gasteiger partial charge in [-0.2, -0.15) is 0 Å². The molecule has 0 fully saturated rings. The number of nitrogens with zero attached hydrogens (tertiary/aromatic N) is 1. The Morgan fingerprint density at radius 1 is 1.18 bits per heavy atom. The van der Waals surface area contributed by atoms with Crippen LogP contribution in [0.5, 0.6) is 0 Å². The van der Waals surface area contributed by atoms with Crippen molar-refractivity contribution < 1.29 is 4.79 Å². The molecule has 2 aromatic rings. The molecule has 1 heterocycles. The minimum absolute atomic E-state index is 0.0364. The predicted molar refractivity (Wildman–Crippen MR) is 74.2 cm³/mol. The molecule has 86 valence electrons. The second kappa shape index (κ2) is 5.10. The molecule has 0 aliphatic carbocycles. The molecule has 0 saturated carbocycles. The SMILES string of the molecule is Cc1ccc(C(=O)c2cc(Br)ccc2Br)cn1. The fourth-order valence-corrected chi connectivity index (χ4v) is 2.22. The highest BCUT2D eigenvalue weighted by molar-refractivity contribution is 9.11. The maximum Gasteiger partial charge on any atom is 0.195 e. The average molecular weight is 355 g/mol. The van der Waals surface area contributed by atoms with E-state index in [2.05, 4.69) is 36.8 Å². The second-order valence-corrected chi connectivity index (χ2v) is 5.41. The zero-order valence-electron chi connectivity index (χ0n) is 9.08. The van der Waals surface area contributed by atoms with Gasteiger partial charge >= 0.3 is 0 Å². The standard InChI is InChI=1S/C13H9Br2NO/c1-8-2-3-9(7-16-8)13(17)11-6-10(14)4-5-12(11)15/h2-7H,1H3. The highest BCUT2D eigenvalue weighted by Gasteiger charge is 2.13. The van der Waals surface area contributed by atoms with Crippen LogP contribution in [-0.2, 0) is 0 Å². The van der Waals surface area contributed by atoms with Gasteiger partial charge in [0.1, 0.15) is 0 Å². The van der Waals surface area contributed by atoms with Gasteiger partial charge < -0.3 is 0 Å². The van der Waals surface area contributed by atoms with Crippen molar-refractivity contribution in [3.8, 4) is 0 Å². The van der Waals surface area contributed by atoms with E-state index in [0.29, 0.717) is 11.1 Å². The zero-order valence-corrected chi connectivity index (χ0v) is 12.2. The van der Waals surface area contributed by atoms with Crippen LogP contribution in [0.4, 0.5) is 0 Å². The van der Waals surface area contributed by atoms with Gasteiger partial charge in [0.05, 0.1) is 0 Å². The van der Waals surface area contributed by atoms with Crippen molar-refractivity contribution in [2.75, 3.05) is 0 Å². The molecule has 2 rings (SSSR count). The molecule has 0 amide bonds. The number of benzene rings is 1. The van der Waals surface area contributed by atoms with Crippen LogP contribution in [0.25, 0.3) is 0 Å². The summed E-state index contributed by atoms with van der Waals surface area (Å²) >= 11 is 6.74. The highest BCUT2D eigenvalue weighted by atomic mass is 79.9. The van der Waals surface area contributed by atoms with Crippen molar-refractivity contribution >= 4 is 37.6 Å². The molecule has 4 heteroatoms. The third-order valence-corrected chi connectivity index (χ3v) is 3.53. The van der Waals surface area contributed by atoms with Crippen LogP contribution in [0.15, 0.2) is 45.5 Å². The average Bonchev–Trinajstić information content (AvgIpc) is 2.32. The molecule has 2 nitrogen and oxygen atoms in total. The Hall–Kier alpha value is -1.00. The summed E-state index contributed by atoms with van der Waals surface area (Å²) < 4.78 is 1.66. The van der Waals surface area contributed by atoms with Crippen molar-refractivity contribution in [3.63, 3.8) is 0 Å². The molecule has 0 unspecified atom stereocenters. The first-order valence-electron chi connectivity index (χ1n) is 5.00. The summed E-state index contributed by atoms with van der Waals surface area (Å²) in [5.74, 6) is -0.0364. The van der Waals surface area contributed by atoms with E-state index in [4.69, 9.17) is 0 Å². The van der Waals surface area contributed by atoms with Gasteiger partial charge in [-0.1, -0.05) is 31.9 Å². The minimum Gasteiger partial charge on any atom is -0.289 e.